The zero-order chi connectivity index (χ0) is 14.4. The molecule has 1 aliphatic rings. The van der Waals surface area contributed by atoms with E-state index in [1.165, 1.54) is 5.56 Å². The van der Waals surface area contributed by atoms with Gasteiger partial charge in [0.25, 0.3) is 6.01 Å². The van der Waals surface area contributed by atoms with Crippen molar-refractivity contribution in [1.82, 2.24) is 4.98 Å². The molecule has 0 unspecified atom stereocenters. The fourth-order valence-corrected chi connectivity index (χ4v) is 2.48. The van der Waals surface area contributed by atoms with Crippen LogP contribution in [0.1, 0.15) is 21.7 Å². The molecule has 0 amide bonds. The number of nitrogens with zero attached hydrogens (tertiary/aromatic N) is 1. The van der Waals surface area contributed by atoms with Crippen molar-refractivity contribution in [3.05, 3.63) is 65.4 Å². The molecular formula is C17H12N2O2. The lowest BCUT2D eigenvalue weighted by Gasteiger charge is -2.02. The van der Waals surface area contributed by atoms with E-state index in [0.717, 1.165) is 11.3 Å². The second kappa shape index (κ2) is 4.31. The molecule has 0 fully saturated rings. The maximum absolute atomic E-state index is 12.2. The maximum atomic E-state index is 12.2. The van der Waals surface area contributed by atoms with Crippen molar-refractivity contribution in [2.24, 2.45) is 0 Å². The third-order valence-corrected chi connectivity index (χ3v) is 3.56. The standard InChI is InChI=1S/C17H12N2O2/c1-10-6-8-11(9-7-10)18-17-19-14-12-4-2-3-5-13(12)15(20)16(14)21-17/h2-9H,1H3,(H,18,19). The first-order valence-electron chi connectivity index (χ1n) is 6.71. The molecule has 21 heavy (non-hydrogen) atoms. The topological polar surface area (TPSA) is 55.1 Å². The third kappa shape index (κ3) is 1.84. The lowest BCUT2D eigenvalue weighted by Crippen LogP contribution is -1.95. The van der Waals surface area contributed by atoms with Crippen molar-refractivity contribution in [1.29, 1.82) is 0 Å². The predicted molar refractivity (Wildman–Crippen MR) is 79.8 cm³/mol. The number of nitrogens with one attached hydrogen (secondary N) is 1. The molecule has 1 heterocycles. The van der Waals surface area contributed by atoms with E-state index in [1.54, 1.807) is 6.07 Å². The van der Waals surface area contributed by atoms with Gasteiger partial charge in [0, 0.05) is 16.8 Å². The van der Waals surface area contributed by atoms with Crippen molar-refractivity contribution in [3.63, 3.8) is 0 Å². The number of aromatic nitrogens is 1. The highest BCUT2D eigenvalue weighted by Crippen LogP contribution is 2.37. The monoisotopic (exact) mass is 276 g/mol. The van der Waals surface area contributed by atoms with Gasteiger partial charge in [0.05, 0.1) is 0 Å². The Labute approximate surface area is 121 Å². The van der Waals surface area contributed by atoms with Crippen molar-refractivity contribution < 1.29 is 9.21 Å². The smallest absolute Gasteiger partial charge is 0.300 e. The predicted octanol–water partition coefficient (Wildman–Crippen LogP) is 3.94. The fraction of sp³-hybridized carbons (Fsp3) is 0.0588. The molecule has 1 aromatic heterocycles. The molecule has 0 saturated heterocycles. The highest BCUT2D eigenvalue weighted by atomic mass is 16.4. The van der Waals surface area contributed by atoms with E-state index in [-0.39, 0.29) is 5.78 Å². The van der Waals surface area contributed by atoms with Gasteiger partial charge in [-0.25, -0.2) is 0 Å². The quantitative estimate of drug-likeness (QED) is 0.602. The van der Waals surface area contributed by atoms with Gasteiger partial charge in [-0.3, -0.25) is 4.79 Å². The number of hydrogen-bond acceptors (Lipinski definition) is 4. The van der Waals surface area contributed by atoms with Crippen molar-refractivity contribution in [3.8, 4) is 11.3 Å². The number of hydrogen-bond donors (Lipinski definition) is 1. The number of carbonyl (C=O) groups excluding carboxylic acids is 1. The Bertz CT molecular complexity index is 847. The molecule has 102 valence electrons. The van der Waals surface area contributed by atoms with E-state index < -0.39 is 0 Å². The molecule has 1 aliphatic carbocycles. The van der Waals surface area contributed by atoms with E-state index in [0.29, 0.717) is 23.0 Å². The molecule has 4 rings (SSSR count). The first kappa shape index (κ1) is 11.9. The van der Waals surface area contributed by atoms with Gasteiger partial charge >= 0.3 is 0 Å². The van der Waals surface area contributed by atoms with Crippen LogP contribution in [-0.4, -0.2) is 10.8 Å². The number of ketones is 1. The molecule has 0 atom stereocenters. The molecule has 0 saturated carbocycles. The van der Waals surface area contributed by atoms with Crippen molar-refractivity contribution in [2.75, 3.05) is 5.32 Å². The minimum atomic E-state index is -0.106. The van der Waals surface area contributed by atoms with Gasteiger partial charge in [-0.05, 0) is 19.1 Å². The van der Waals surface area contributed by atoms with E-state index in [2.05, 4.69) is 10.3 Å². The van der Waals surface area contributed by atoms with E-state index in [1.807, 2.05) is 49.4 Å². The first-order chi connectivity index (χ1) is 10.2. The van der Waals surface area contributed by atoms with Crippen LogP contribution < -0.4 is 5.32 Å². The van der Waals surface area contributed by atoms with Gasteiger partial charge in [-0.15, -0.1) is 0 Å². The number of anilines is 2. The number of oxazole rings is 1. The van der Waals surface area contributed by atoms with Gasteiger partial charge in [-0.1, -0.05) is 42.0 Å². The number of carbonyl (C=O) groups is 1. The van der Waals surface area contributed by atoms with Gasteiger partial charge in [0.2, 0.25) is 11.5 Å². The Morgan fingerprint density at radius 2 is 1.71 bits per heavy atom. The van der Waals surface area contributed by atoms with E-state index in [9.17, 15) is 4.79 Å². The van der Waals surface area contributed by atoms with Crippen LogP contribution in [0.2, 0.25) is 0 Å². The molecule has 0 bridgehead atoms. The minimum Gasteiger partial charge on any atom is -0.419 e. The largest absolute Gasteiger partial charge is 0.419 e. The van der Waals surface area contributed by atoms with Crippen LogP contribution >= 0.6 is 0 Å². The van der Waals surface area contributed by atoms with Crippen LogP contribution in [0.3, 0.4) is 0 Å². The second-order valence-electron chi connectivity index (χ2n) is 5.06. The lowest BCUT2D eigenvalue weighted by molar-refractivity contribution is 0.102. The first-order valence-corrected chi connectivity index (χ1v) is 6.71. The van der Waals surface area contributed by atoms with Gasteiger partial charge in [-0.2, -0.15) is 4.98 Å². The number of aryl methyl sites for hydroxylation is 1. The fourth-order valence-electron chi connectivity index (χ4n) is 2.48. The number of rotatable bonds is 2. The average Bonchev–Trinajstić information content (AvgIpc) is 3.02. The minimum absolute atomic E-state index is 0.106. The SMILES string of the molecule is Cc1ccc(Nc2nc3c(o2)C(=O)c2ccccc2-3)cc1. The van der Waals surface area contributed by atoms with Crippen molar-refractivity contribution >= 4 is 17.5 Å². The Balaban J connectivity index is 1.72. The number of fused-ring (bicyclic) bond motifs is 3. The normalized spacial score (nSPS) is 12.1. The highest BCUT2D eigenvalue weighted by molar-refractivity contribution is 6.19. The zero-order valence-corrected chi connectivity index (χ0v) is 11.4. The summed E-state index contributed by atoms with van der Waals surface area (Å²) in [5.74, 6) is 0.205. The second-order valence-corrected chi connectivity index (χ2v) is 5.06. The summed E-state index contributed by atoms with van der Waals surface area (Å²) >= 11 is 0. The maximum Gasteiger partial charge on any atom is 0.300 e. The summed E-state index contributed by atoms with van der Waals surface area (Å²) in [6.07, 6.45) is 0. The summed E-state index contributed by atoms with van der Waals surface area (Å²) in [4.78, 5) is 16.6. The summed E-state index contributed by atoms with van der Waals surface area (Å²) in [6, 6.07) is 15.6. The van der Waals surface area contributed by atoms with Gasteiger partial charge in [0.15, 0.2) is 0 Å². The summed E-state index contributed by atoms with van der Waals surface area (Å²) in [5.41, 5.74) is 4.16. The van der Waals surface area contributed by atoms with Crippen LogP contribution in [0.5, 0.6) is 0 Å². The molecule has 0 radical (unpaired) electrons. The lowest BCUT2D eigenvalue weighted by atomic mass is 10.1. The molecular weight excluding hydrogens is 264 g/mol. The van der Waals surface area contributed by atoms with Crippen LogP contribution in [-0.2, 0) is 0 Å². The summed E-state index contributed by atoms with van der Waals surface area (Å²) in [5, 5.41) is 3.08. The van der Waals surface area contributed by atoms with Crippen LogP contribution in [0, 0.1) is 6.92 Å². The van der Waals surface area contributed by atoms with Crippen molar-refractivity contribution in [2.45, 2.75) is 6.92 Å². The summed E-state index contributed by atoms with van der Waals surface area (Å²) < 4.78 is 5.58. The van der Waals surface area contributed by atoms with Gasteiger partial charge < -0.3 is 9.73 Å². The summed E-state index contributed by atoms with van der Waals surface area (Å²) in [7, 11) is 0. The van der Waals surface area contributed by atoms with Crippen LogP contribution in [0.15, 0.2) is 52.9 Å². The zero-order valence-electron chi connectivity index (χ0n) is 11.4. The molecule has 2 aromatic carbocycles. The Hall–Kier alpha value is -2.88. The van der Waals surface area contributed by atoms with Gasteiger partial charge in [0.1, 0.15) is 5.69 Å². The Kier molecular flexibility index (Phi) is 2.44. The number of benzene rings is 2. The van der Waals surface area contributed by atoms with E-state index >= 15 is 0 Å². The Morgan fingerprint density at radius 3 is 2.48 bits per heavy atom. The van der Waals surface area contributed by atoms with E-state index in [4.69, 9.17) is 4.42 Å². The molecule has 4 heteroatoms. The summed E-state index contributed by atoms with van der Waals surface area (Å²) in [6.45, 7) is 2.03. The van der Waals surface area contributed by atoms with Crippen LogP contribution in [0.4, 0.5) is 11.7 Å². The molecule has 1 N–H and O–H groups in total. The molecule has 0 spiro atoms. The van der Waals surface area contributed by atoms with Crippen LogP contribution in [0.25, 0.3) is 11.3 Å². The average molecular weight is 276 g/mol. The molecule has 4 nitrogen and oxygen atoms in total. The third-order valence-electron chi connectivity index (χ3n) is 3.56. The molecule has 3 aromatic rings. The molecule has 0 aliphatic heterocycles. The Morgan fingerprint density at radius 1 is 1.00 bits per heavy atom. The highest BCUT2D eigenvalue weighted by Gasteiger charge is 2.32.